The zero-order chi connectivity index (χ0) is 12.0. The molecule has 0 heterocycles. The van der Waals surface area contributed by atoms with Crippen molar-refractivity contribution in [1.82, 2.24) is 0 Å². The minimum atomic E-state index is -0.184. The molecule has 0 saturated heterocycles. The minimum Gasteiger partial charge on any atom is -0.497 e. The summed E-state index contributed by atoms with van der Waals surface area (Å²) in [4.78, 5) is 12.3. The number of hydrogen-bond acceptors (Lipinski definition) is 4. The standard InChI is InChI=1S/C12H16O3S/c1-9(2)15-12(13)8-16-11-6-4-10(14-3)5-7-11/h4-7,9H,8H2,1-3H3. The Morgan fingerprint density at radius 1 is 1.31 bits per heavy atom. The van der Waals surface area contributed by atoms with Crippen molar-refractivity contribution in [3.63, 3.8) is 0 Å². The van der Waals surface area contributed by atoms with Crippen LogP contribution < -0.4 is 4.74 Å². The van der Waals surface area contributed by atoms with Crippen LogP contribution in [0.25, 0.3) is 0 Å². The molecule has 1 aromatic carbocycles. The number of methoxy groups -OCH3 is 1. The fourth-order valence-electron chi connectivity index (χ4n) is 1.11. The summed E-state index contributed by atoms with van der Waals surface area (Å²) in [5.41, 5.74) is 0. The molecule has 0 saturated carbocycles. The van der Waals surface area contributed by atoms with E-state index in [-0.39, 0.29) is 12.1 Å². The van der Waals surface area contributed by atoms with Gasteiger partial charge in [-0.3, -0.25) is 4.79 Å². The lowest BCUT2D eigenvalue weighted by molar-refractivity contribution is -0.144. The van der Waals surface area contributed by atoms with Crippen LogP contribution in [0.5, 0.6) is 5.75 Å². The average Bonchev–Trinajstić information content (AvgIpc) is 2.26. The van der Waals surface area contributed by atoms with Gasteiger partial charge >= 0.3 is 5.97 Å². The Hall–Kier alpha value is -1.16. The summed E-state index contributed by atoms with van der Waals surface area (Å²) in [6.45, 7) is 3.69. The molecule has 0 unspecified atom stereocenters. The summed E-state index contributed by atoms with van der Waals surface area (Å²) in [5, 5.41) is 0. The molecule has 0 N–H and O–H groups in total. The SMILES string of the molecule is COc1ccc(SCC(=O)OC(C)C)cc1. The molecule has 0 atom stereocenters. The predicted octanol–water partition coefficient (Wildman–Crippen LogP) is 2.74. The van der Waals surface area contributed by atoms with Crippen LogP contribution in [0.1, 0.15) is 13.8 Å². The molecule has 0 aliphatic rings. The molecule has 16 heavy (non-hydrogen) atoms. The van der Waals surface area contributed by atoms with E-state index in [0.29, 0.717) is 5.75 Å². The van der Waals surface area contributed by atoms with Crippen molar-refractivity contribution in [2.24, 2.45) is 0 Å². The first kappa shape index (κ1) is 12.9. The van der Waals surface area contributed by atoms with Gasteiger partial charge in [0.2, 0.25) is 0 Å². The molecule has 0 radical (unpaired) electrons. The van der Waals surface area contributed by atoms with Crippen molar-refractivity contribution in [3.05, 3.63) is 24.3 Å². The van der Waals surface area contributed by atoms with Gasteiger partial charge in [0.05, 0.1) is 19.0 Å². The van der Waals surface area contributed by atoms with Crippen molar-refractivity contribution in [1.29, 1.82) is 0 Å². The Balaban J connectivity index is 2.39. The van der Waals surface area contributed by atoms with Crippen LogP contribution in [-0.4, -0.2) is 24.9 Å². The Morgan fingerprint density at radius 2 is 1.94 bits per heavy atom. The first-order valence-corrected chi connectivity index (χ1v) is 6.06. The Bertz CT molecular complexity index is 333. The van der Waals surface area contributed by atoms with Crippen LogP contribution in [-0.2, 0) is 9.53 Å². The van der Waals surface area contributed by atoms with Gasteiger partial charge in [0, 0.05) is 4.90 Å². The quantitative estimate of drug-likeness (QED) is 0.585. The second kappa shape index (κ2) is 6.43. The highest BCUT2D eigenvalue weighted by Crippen LogP contribution is 2.21. The van der Waals surface area contributed by atoms with Gasteiger partial charge in [0.15, 0.2) is 0 Å². The van der Waals surface area contributed by atoms with Crippen LogP contribution in [0.3, 0.4) is 0 Å². The van der Waals surface area contributed by atoms with E-state index in [0.717, 1.165) is 10.6 Å². The molecule has 3 nitrogen and oxygen atoms in total. The van der Waals surface area contributed by atoms with Crippen LogP contribution >= 0.6 is 11.8 Å². The fraction of sp³-hybridized carbons (Fsp3) is 0.417. The average molecular weight is 240 g/mol. The third kappa shape index (κ3) is 4.57. The number of benzene rings is 1. The van der Waals surface area contributed by atoms with Crippen molar-refractivity contribution < 1.29 is 14.3 Å². The molecular weight excluding hydrogens is 224 g/mol. The van der Waals surface area contributed by atoms with E-state index in [2.05, 4.69) is 0 Å². The molecule has 88 valence electrons. The summed E-state index contributed by atoms with van der Waals surface area (Å²) in [7, 11) is 1.63. The lowest BCUT2D eigenvalue weighted by Crippen LogP contribution is -2.13. The molecule has 0 aromatic heterocycles. The zero-order valence-electron chi connectivity index (χ0n) is 9.73. The minimum absolute atomic E-state index is 0.0519. The Labute approximate surface area is 100 Å². The van der Waals surface area contributed by atoms with E-state index < -0.39 is 0 Å². The van der Waals surface area contributed by atoms with Gasteiger partial charge < -0.3 is 9.47 Å². The molecule has 0 fully saturated rings. The molecule has 1 rings (SSSR count). The van der Waals surface area contributed by atoms with E-state index in [1.54, 1.807) is 7.11 Å². The number of ether oxygens (including phenoxy) is 2. The number of carbonyl (C=O) groups is 1. The summed E-state index contributed by atoms with van der Waals surface area (Å²) >= 11 is 1.46. The van der Waals surface area contributed by atoms with E-state index in [1.807, 2.05) is 38.1 Å². The van der Waals surface area contributed by atoms with E-state index in [4.69, 9.17) is 9.47 Å². The Morgan fingerprint density at radius 3 is 2.44 bits per heavy atom. The van der Waals surface area contributed by atoms with Crippen molar-refractivity contribution >= 4 is 17.7 Å². The molecular formula is C12H16O3S. The zero-order valence-corrected chi connectivity index (χ0v) is 10.5. The molecule has 4 heteroatoms. The monoisotopic (exact) mass is 240 g/mol. The lowest BCUT2D eigenvalue weighted by Gasteiger charge is -2.07. The molecule has 0 bridgehead atoms. The predicted molar refractivity (Wildman–Crippen MR) is 64.9 cm³/mol. The largest absolute Gasteiger partial charge is 0.497 e. The van der Waals surface area contributed by atoms with Gasteiger partial charge in [-0.25, -0.2) is 0 Å². The third-order valence-corrected chi connectivity index (χ3v) is 2.77. The maximum atomic E-state index is 11.3. The molecule has 0 amide bonds. The number of thioether (sulfide) groups is 1. The maximum absolute atomic E-state index is 11.3. The van der Waals surface area contributed by atoms with Crippen molar-refractivity contribution in [2.45, 2.75) is 24.8 Å². The maximum Gasteiger partial charge on any atom is 0.316 e. The highest BCUT2D eigenvalue weighted by molar-refractivity contribution is 8.00. The van der Waals surface area contributed by atoms with Gasteiger partial charge in [-0.2, -0.15) is 0 Å². The van der Waals surface area contributed by atoms with Gasteiger partial charge in [-0.15, -0.1) is 11.8 Å². The van der Waals surface area contributed by atoms with Gasteiger partial charge in [-0.05, 0) is 38.1 Å². The number of rotatable bonds is 5. The fourth-order valence-corrected chi connectivity index (χ4v) is 1.79. The second-order valence-electron chi connectivity index (χ2n) is 3.50. The van der Waals surface area contributed by atoms with Crippen molar-refractivity contribution in [3.8, 4) is 5.75 Å². The van der Waals surface area contributed by atoms with Gasteiger partial charge in [0.1, 0.15) is 5.75 Å². The van der Waals surface area contributed by atoms with Crippen LogP contribution in [0.4, 0.5) is 0 Å². The summed E-state index contributed by atoms with van der Waals surface area (Å²) in [6.07, 6.45) is -0.0519. The normalized spacial score (nSPS) is 10.2. The molecule has 0 aliphatic heterocycles. The number of hydrogen-bond donors (Lipinski definition) is 0. The highest BCUT2D eigenvalue weighted by Gasteiger charge is 2.06. The first-order chi connectivity index (χ1) is 7.61. The van der Waals surface area contributed by atoms with Gasteiger partial charge in [-0.1, -0.05) is 0 Å². The summed E-state index contributed by atoms with van der Waals surface area (Å²) in [5.74, 6) is 0.967. The van der Waals surface area contributed by atoms with Gasteiger partial charge in [0.25, 0.3) is 0 Å². The Kier molecular flexibility index (Phi) is 5.19. The van der Waals surface area contributed by atoms with E-state index >= 15 is 0 Å². The van der Waals surface area contributed by atoms with Crippen molar-refractivity contribution in [2.75, 3.05) is 12.9 Å². The first-order valence-electron chi connectivity index (χ1n) is 5.08. The summed E-state index contributed by atoms with van der Waals surface area (Å²) in [6, 6.07) is 7.59. The van der Waals surface area contributed by atoms with Crippen LogP contribution in [0.15, 0.2) is 29.2 Å². The van der Waals surface area contributed by atoms with E-state index in [1.165, 1.54) is 11.8 Å². The number of esters is 1. The second-order valence-corrected chi connectivity index (χ2v) is 4.55. The summed E-state index contributed by atoms with van der Waals surface area (Å²) < 4.78 is 10.1. The highest BCUT2D eigenvalue weighted by atomic mass is 32.2. The van der Waals surface area contributed by atoms with Crippen LogP contribution in [0, 0.1) is 0 Å². The van der Waals surface area contributed by atoms with E-state index in [9.17, 15) is 4.79 Å². The topological polar surface area (TPSA) is 35.5 Å². The van der Waals surface area contributed by atoms with Crippen LogP contribution in [0.2, 0.25) is 0 Å². The molecule has 0 spiro atoms. The lowest BCUT2D eigenvalue weighted by atomic mass is 10.3. The third-order valence-electron chi connectivity index (χ3n) is 1.78. The molecule has 0 aliphatic carbocycles. The molecule has 1 aromatic rings. The number of carbonyl (C=O) groups excluding carboxylic acids is 1. The smallest absolute Gasteiger partial charge is 0.316 e.